The molecule has 0 aliphatic heterocycles. The van der Waals surface area contributed by atoms with Gasteiger partial charge in [-0.05, 0) is 33.8 Å². The van der Waals surface area contributed by atoms with Crippen LogP contribution in [-0.2, 0) is 6.42 Å². The number of aryl methyl sites for hydroxylation is 1. The van der Waals surface area contributed by atoms with Crippen molar-refractivity contribution >= 4 is 33.2 Å². The molecule has 90 valence electrons. The lowest BCUT2D eigenvalue weighted by molar-refractivity contribution is 0.0662. The summed E-state index contributed by atoms with van der Waals surface area (Å²) in [6.45, 7) is 1.97. The van der Waals surface area contributed by atoms with Crippen LogP contribution in [0.1, 0.15) is 29.6 Å². The monoisotopic (exact) mass is 315 g/mol. The van der Waals surface area contributed by atoms with E-state index in [0.717, 1.165) is 15.8 Å². The second-order valence-corrected chi connectivity index (χ2v) is 5.22. The zero-order chi connectivity index (χ0) is 12.4. The number of aromatic nitrogens is 1. The Balaban J connectivity index is 2.47. The molecule has 0 unspecified atom stereocenters. The lowest BCUT2D eigenvalue weighted by Gasteiger charge is -1.91. The molecule has 0 bridgehead atoms. The van der Waals surface area contributed by atoms with E-state index in [1.165, 1.54) is 11.3 Å². The van der Waals surface area contributed by atoms with E-state index in [1.807, 2.05) is 18.4 Å². The van der Waals surface area contributed by atoms with Crippen molar-refractivity contribution in [1.82, 2.24) is 4.98 Å². The Bertz CT molecular complexity index is 547. The minimum Gasteiger partial charge on any atom is -0.475 e. The molecule has 0 saturated heterocycles. The number of aromatic carboxylic acids is 1. The lowest BCUT2D eigenvalue weighted by atomic mass is 10.2. The second kappa shape index (κ2) is 5.01. The van der Waals surface area contributed by atoms with Gasteiger partial charge in [-0.3, -0.25) is 0 Å². The van der Waals surface area contributed by atoms with E-state index in [-0.39, 0.29) is 5.76 Å². The third kappa shape index (κ3) is 2.42. The summed E-state index contributed by atoms with van der Waals surface area (Å²) in [6, 6.07) is 1.88. The van der Waals surface area contributed by atoms with Crippen LogP contribution < -0.4 is 0 Å². The van der Waals surface area contributed by atoms with E-state index < -0.39 is 5.97 Å². The molecular formula is C11H10BrNO3S. The molecule has 2 aromatic rings. The number of hydrogen-bond acceptors (Lipinski definition) is 4. The highest BCUT2D eigenvalue weighted by molar-refractivity contribution is 9.10. The Morgan fingerprint density at radius 2 is 2.41 bits per heavy atom. The zero-order valence-electron chi connectivity index (χ0n) is 9.07. The van der Waals surface area contributed by atoms with E-state index >= 15 is 0 Å². The van der Waals surface area contributed by atoms with E-state index in [9.17, 15) is 4.79 Å². The van der Waals surface area contributed by atoms with Crippen LogP contribution in [-0.4, -0.2) is 16.1 Å². The van der Waals surface area contributed by atoms with Crippen LogP contribution in [0.2, 0.25) is 0 Å². The highest BCUT2D eigenvalue weighted by atomic mass is 79.9. The Morgan fingerprint density at radius 1 is 1.65 bits per heavy atom. The summed E-state index contributed by atoms with van der Waals surface area (Å²) >= 11 is 4.83. The summed E-state index contributed by atoms with van der Waals surface area (Å²) < 4.78 is 6.19. The molecule has 0 aliphatic rings. The third-order valence-corrected chi connectivity index (χ3v) is 4.02. The largest absolute Gasteiger partial charge is 0.475 e. The van der Waals surface area contributed by atoms with Crippen molar-refractivity contribution in [3.8, 4) is 10.8 Å². The van der Waals surface area contributed by atoms with Crippen molar-refractivity contribution in [2.45, 2.75) is 19.8 Å². The van der Waals surface area contributed by atoms with Gasteiger partial charge in [0, 0.05) is 4.47 Å². The first-order valence-corrected chi connectivity index (χ1v) is 6.77. The first kappa shape index (κ1) is 12.3. The first-order chi connectivity index (χ1) is 8.13. The molecule has 1 N–H and O–H groups in total. The summed E-state index contributed by atoms with van der Waals surface area (Å²) in [5, 5.41) is 10.9. The number of rotatable bonds is 4. The quantitative estimate of drug-likeness (QED) is 0.931. The molecule has 0 aromatic carbocycles. The average molecular weight is 316 g/mol. The van der Waals surface area contributed by atoms with Gasteiger partial charge < -0.3 is 9.52 Å². The predicted octanol–water partition coefficient (Wildman–Crippen LogP) is 3.82. The molecule has 0 aliphatic carbocycles. The van der Waals surface area contributed by atoms with Gasteiger partial charge in [0.15, 0.2) is 0 Å². The van der Waals surface area contributed by atoms with Crippen molar-refractivity contribution in [3.63, 3.8) is 0 Å². The van der Waals surface area contributed by atoms with Gasteiger partial charge in [-0.15, -0.1) is 11.3 Å². The number of nitrogens with zero attached hydrogens (tertiary/aromatic N) is 1. The Morgan fingerprint density at radius 3 is 2.94 bits per heavy atom. The molecule has 0 amide bonds. The third-order valence-electron chi connectivity index (χ3n) is 2.19. The standard InChI is InChI=1S/C11H10BrNO3S/c1-2-3-7-8(11(14)15)16-10(13-7)9-6(12)4-5-17-9/h4-5H,2-3H2,1H3,(H,14,15). The van der Waals surface area contributed by atoms with Crippen LogP contribution >= 0.6 is 27.3 Å². The van der Waals surface area contributed by atoms with Crippen LogP contribution in [0, 0.1) is 0 Å². The van der Waals surface area contributed by atoms with Crippen LogP contribution in [0.25, 0.3) is 10.8 Å². The molecule has 0 fully saturated rings. The minimum atomic E-state index is -1.07. The normalized spacial score (nSPS) is 10.7. The molecule has 2 aromatic heterocycles. The maximum atomic E-state index is 11.0. The maximum Gasteiger partial charge on any atom is 0.373 e. The number of halogens is 1. The van der Waals surface area contributed by atoms with Gasteiger partial charge in [-0.2, -0.15) is 0 Å². The Hall–Kier alpha value is -1.14. The number of thiophene rings is 1. The first-order valence-electron chi connectivity index (χ1n) is 5.09. The molecule has 0 radical (unpaired) electrons. The highest BCUT2D eigenvalue weighted by Gasteiger charge is 2.21. The second-order valence-electron chi connectivity index (χ2n) is 3.45. The lowest BCUT2D eigenvalue weighted by Crippen LogP contribution is -1.99. The molecule has 6 heteroatoms. The molecule has 2 heterocycles. The van der Waals surface area contributed by atoms with Gasteiger partial charge in [0.05, 0.1) is 5.69 Å². The van der Waals surface area contributed by atoms with Crippen LogP contribution in [0.15, 0.2) is 20.3 Å². The molecule has 2 rings (SSSR count). The summed E-state index contributed by atoms with van der Waals surface area (Å²) in [7, 11) is 0. The number of carboxylic acids is 1. The Labute approximate surface area is 110 Å². The van der Waals surface area contributed by atoms with Crippen molar-refractivity contribution in [1.29, 1.82) is 0 Å². The summed E-state index contributed by atoms with van der Waals surface area (Å²) in [6.07, 6.45) is 1.44. The summed E-state index contributed by atoms with van der Waals surface area (Å²) in [4.78, 5) is 16.1. The average Bonchev–Trinajstić information content (AvgIpc) is 2.84. The summed E-state index contributed by atoms with van der Waals surface area (Å²) in [5.74, 6) is -0.755. The van der Waals surface area contributed by atoms with Crippen molar-refractivity contribution < 1.29 is 14.3 Å². The van der Waals surface area contributed by atoms with Gasteiger partial charge in [0.1, 0.15) is 4.88 Å². The van der Waals surface area contributed by atoms with Gasteiger partial charge in [-0.1, -0.05) is 13.3 Å². The highest BCUT2D eigenvalue weighted by Crippen LogP contribution is 2.34. The topological polar surface area (TPSA) is 63.3 Å². The minimum absolute atomic E-state index is 0.0536. The number of carboxylic acid groups (broad SMARTS) is 1. The zero-order valence-corrected chi connectivity index (χ0v) is 11.5. The maximum absolute atomic E-state index is 11.0. The van der Waals surface area contributed by atoms with E-state index in [0.29, 0.717) is 18.0 Å². The smallest absolute Gasteiger partial charge is 0.373 e. The van der Waals surface area contributed by atoms with E-state index in [1.54, 1.807) is 0 Å². The van der Waals surface area contributed by atoms with Gasteiger partial charge in [0.25, 0.3) is 0 Å². The number of hydrogen-bond donors (Lipinski definition) is 1. The van der Waals surface area contributed by atoms with Crippen molar-refractivity contribution in [3.05, 3.63) is 27.4 Å². The fourth-order valence-corrected chi connectivity index (χ4v) is 2.93. The number of carbonyl (C=O) groups is 1. The van der Waals surface area contributed by atoms with Crippen LogP contribution in [0.4, 0.5) is 0 Å². The Kier molecular flexibility index (Phi) is 3.63. The summed E-state index contributed by atoms with van der Waals surface area (Å²) in [5.41, 5.74) is 0.510. The fourth-order valence-electron chi connectivity index (χ4n) is 1.47. The van der Waals surface area contributed by atoms with Gasteiger partial charge in [-0.25, -0.2) is 9.78 Å². The predicted molar refractivity (Wildman–Crippen MR) is 68.5 cm³/mol. The van der Waals surface area contributed by atoms with Gasteiger partial charge >= 0.3 is 5.97 Å². The van der Waals surface area contributed by atoms with Crippen LogP contribution in [0.3, 0.4) is 0 Å². The van der Waals surface area contributed by atoms with Crippen LogP contribution in [0.5, 0.6) is 0 Å². The molecule has 17 heavy (non-hydrogen) atoms. The van der Waals surface area contributed by atoms with E-state index in [2.05, 4.69) is 20.9 Å². The molecule has 0 saturated carbocycles. The molecule has 0 atom stereocenters. The van der Waals surface area contributed by atoms with E-state index in [4.69, 9.17) is 9.52 Å². The fraction of sp³-hybridized carbons (Fsp3) is 0.273. The molecule has 4 nitrogen and oxygen atoms in total. The van der Waals surface area contributed by atoms with Crippen molar-refractivity contribution in [2.24, 2.45) is 0 Å². The SMILES string of the molecule is CCCc1nc(-c2sccc2Br)oc1C(=O)O. The van der Waals surface area contributed by atoms with Crippen molar-refractivity contribution in [2.75, 3.05) is 0 Å². The molecule has 0 spiro atoms. The number of oxazole rings is 1. The molecular weight excluding hydrogens is 306 g/mol. The van der Waals surface area contributed by atoms with Gasteiger partial charge in [0.2, 0.25) is 11.7 Å².